The van der Waals surface area contributed by atoms with Crippen LogP contribution < -0.4 is 16.4 Å². The third-order valence-corrected chi connectivity index (χ3v) is 3.80. The molecule has 0 aliphatic heterocycles. The smallest absolute Gasteiger partial charge is 0.319 e. The number of carbonyl (C=O) groups is 1. The van der Waals surface area contributed by atoms with Crippen molar-refractivity contribution in [1.82, 2.24) is 5.32 Å². The van der Waals surface area contributed by atoms with Crippen LogP contribution in [0.2, 0.25) is 0 Å². The van der Waals surface area contributed by atoms with E-state index in [1.54, 1.807) is 0 Å². The molecule has 0 bridgehead atoms. The van der Waals surface area contributed by atoms with Gasteiger partial charge >= 0.3 is 6.03 Å². The van der Waals surface area contributed by atoms with Crippen LogP contribution in [0.3, 0.4) is 0 Å². The molecule has 1 aliphatic rings. The van der Waals surface area contributed by atoms with E-state index in [1.165, 1.54) is 12.8 Å². The van der Waals surface area contributed by atoms with Gasteiger partial charge in [0.05, 0.1) is 0 Å². The van der Waals surface area contributed by atoms with Gasteiger partial charge in [0.25, 0.3) is 0 Å². The Bertz CT molecular complexity index is 433. The molecule has 0 radical (unpaired) electrons. The quantitative estimate of drug-likeness (QED) is 0.783. The number of nitrogens with one attached hydrogen (secondary N) is 2. The molecule has 2 unspecified atom stereocenters. The van der Waals surface area contributed by atoms with Crippen molar-refractivity contribution < 1.29 is 4.79 Å². The molecule has 2 amide bonds. The minimum absolute atomic E-state index is 0.129. The highest BCUT2D eigenvalue weighted by Gasteiger charge is 2.25. The topological polar surface area (TPSA) is 67.2 Å². The van der Waals surface area contributed by atoms with Crippen LogP contribution >= 0.6 is 0 Å². The Morgan fingerprint density at radius 2 is 2.16 bits per heavy atom. The fourth-order valence-corrected chi connectivity index (χ4v) is 2.74. The molecule has 104 valence electrons. The average Bonchev–Trinajstić information content (AvgIpc) is 2.39. The first-order valence-corrected chi connectivity index (χ1v) is 7.03. The van der Waals surface area contributed by atoms with Crippen molar-refractivity contribution in [2.45, 2.75) is 38.6 Å². The fourth-order valence-electron chi connectivity index (χ4n) is 2.74. The predicted octanol–water partition coefficient (Wildman–Crippen LogP) is 2.63. The second-order valence-electron chi connectivity index (χ2n) is 5.35. The number of benzene rings is 1. The van der Waals surface area contributed by atoms with Crippen LogP contribution in [0.4, 0.5) is 10.5 Å². The zero-order valence-electron chi connectivity index (χ0n) is 11.5. The minimum Gasteiger partial charge on any atom is -0.335 e. The summed E-state index contributed by atoms with van der Waals surface area (Å²) in [5.41, 5.74) is 7.74. The highest BCUT2D eigenvalue weighted by atomic mass is 16.2. The third kappa shape index (κ3) is 3.96. The highest BCUT2D eigenvalue weighted by molar-refractivity contribution is 5.89. The number of carbonyl (C=O) groups excluding carboxylic acids is 1. The summed E-state index contributed by atoms with van der Waals surface area (Å²) in [6.07, 6.45) is 4.54. The van der Waals surface area contributed by atoms with Gasteiger partial charge in [-0.2, -0.15) is 0 Å². The molecule has 1 aromatic carbocycles. The molecule has 1 aliphatic carbocycles. The van der Waals surface area contributed by atoms with Crippen LogP contribution in [0.5, 0.6) is 0 Å². The van der Waals surface area contributed by atoms with E-state index in [9.17, 15) is 4.79 Å². The van der Waals surface area contributed by atoms with E-state index in [-0.39, 0.29) is 12.1 Å². The molecule has 0 saturated heterocycles. The van der Waals surface area contributed by atoms with E-state index >= 15 is 0 Å². The van der Waals surface area contributed by atoms with Gasteiger partial charge in [-0.1, -0.05) is 25.0 Å². The first-order chi connectivity index (χ1) is 9.19. The lowest BCUT2D eigenvalue weighted by molar-refractivity contribution is 0.229. The molecule has 0 spiro atoms. The van der Waals surface area contributed by atoms with E-state index in [2.05, 4.69) is 10.6 Å². The maximum absolute atomic E-state index is 12.0. The van der Waals surface area contributed by atoms with Crippen molar-refractivity contribution in [3.05, 3.63) is 29.8 Å². The standard InChI is InChI=1S/C15H23N3O/c1-11-5-4-7-13(9-11)17-15(19)18-14-8-3-2-6-12(14)10-16/h4-5,7,9,12,14H,2-3,6,8,10,16H2,1H3,(H2,17,18,19). The molecule has 4 N–H and O–H groups in total. The summed E-state index contributed by atoms with van der Waals surface area (Å²) >= 11 is 0. The number of nitrogens with two attached hydrogens (primary N) is 1. The van der Waals surface area contributed by atoms with Gasteiger partial charge in [-0.3, -0.25) is 0 Å². The van der Waals surface area contributed by atoms with Crippen molar-refractivity contribution in [3.8, 4) is 0 Å². The maximum atomic E-state index is 12.0. The number of urea groups is 1. The van der Waals surface area contributed by atoms with E-state index in [0.717, 1.165) is 24.1 Å². The lowest BCUT2D eigenvalue weighted by Gasteiger charge is -2.31. The monoisotopic (exact) mass is 261 g/mol. The number of anilines is 1. The van der Waals surface area contributed by atoms with Gasteiger partial charge in [-0.05, 0) is 49.9 Å². The Hall–Kier alpha value is -1.55. The second-order valence-corrected chi connectivity index (χ2v) is 5.35. The van der Waals surface area contributed by atoms with E-state index < -0.39 is 0 Å². The molecule has 2 rings (SSSR count). The first-order valence-electron chi connectivity index (χ1n) is 7.03. The third-order valence-electron chi connectivity index (χ3n) is 3.80. The number of hydrogen-bond donors (Lipinski definition) is 3. The second kappa shape index (κ2) is 6.57. The lowest BCUT2D eigenvalue weighted by Crippen LogP contribution is -2.46. The van der Waals surface area contributed by atoms with Crippen LogP contribution in [-0.4, -0.2) is 18.6 Å². The first kappa shape index (κ1) is 13.9. The van der Waals surface area contributed by atoms with E-state index in [0.29, 0.717) is 12.5 Å². The van der Waals surface area contributed by atoms with Gasteiger partial charge in [0.15, 0.2) is 0 Å². The molecule has 2 atom stereocenters. The van der Waals surface area contributed by atoms with Gasteiger partial charge in [-0.15, -0.1) is 0 Å². The van der Waals surface area contributed by atoms with Crippen molar-refractivity contribution in [2.24, 2.45) is 11.7 Å². The Morgan fingerprint density at radius 1 is 1.37 bits per heavy atom. The predicted molar refractivity (Wildman–Crippen MR) is 78.1 cm³/mol. The van der Waals surface area contributed by atoms with Crippen LogP contribution in [0.1, 0.15) is 31.2 Å². The number of rotatable bonds is 3. The zero-order valence-corrected chi connectivity index (χ0v) is 11.5. The number of amides is 2. The van der Waals surface area contributed by atoms with Gasteiger partial charge < -0.3 is 16.4 Å². The van der Waals surface area contributed by atoms with Crippen molar-refractivity contribution in [2.75, 3.05) is 11.9 Å². The highest BCUT2D eigenvalue weighted by Crippen LogP contribution is 2.23. The molecule has 1 aromatic rings. The summed E-state index contributed by atoms with van der Waals surface area (Å²) in [5.74, 6) is 0.414. The summed E-state index contributed by atoms with van der Waals surface area (Å²) in [4.78, 5) is 12.0. The molecule has 19 heavy (non-hydrogen) atoms. The molecular weight excluding hydrogens is 238 g/mol. The van der Waals surface area contributed by atoms with Crippen molar-refractivity contribution >= 4 is 11.7 Å². The van der Waals surface area contributed by atoms with Crippen molar-refractivity contribution in [1.29, 1.82) is 0 Å². The normalized spacial score (nSPS) is 22.8. The molecule has 4 nitrogen and oxygen atoms in total. The van der Waals surface area contributed by atoms with Crippen LogP contribution in [0.25, 0.3) is 0 Å². The van der Waals surface area contributed by atoms with Gasteiger partial charge in [0.2, 0.25) is 0 Å². The lowest BCUT2D eigenvalue weighted by atomic mass is 9.84. The molecule has 0 heterocycles. The molecule has 1 saturated carbocycles. The fraction of sp³-hybridized carbons (Fsp3) is 0.533. The van der Waals surface area contributed by atoms with Crippen LogP contribution in [0.15, 0.2) is 24.3 Å². The Balaban J connectivity index is 1.90. The van der Waals surface area contributed by atoms with E-state index in [1.807, 2.05) is 31.2 Å². The number of hydrogen-bond acceptors (Lipinski definition) is 2. The van der Waals surface area contributed by atoms with Crippen LogP contribution in [0, 0.1) is 12.8 Å². The Labute approximate surface area is 114 Å². The van der Waals surface area contributed by atoms with Gasteiger partial charge in [0.1, 0.15) is 0 Å². The maximum Gasteiger partial charge on any atom is 0.319 e. The summed E-state index contributed by atoms with van der Waals surface area (Å²) in [6, 6.07) is 7.89. The van der Waals surface area contributed by atoms with Gasteiger partial charge in [-0.25, -0.2) is 4.79 Å². The van der Waals surface area contributed by atoms with Crippen molar-refractivity contribution in [3.63, 3.8) is 0 Å². The van der Waals surface area contributed by atoms with Gasteiger partial charge in [0, 0.05) is 11.7 Å². The summed E-state index contributed by atoms with van der Waals surface area (Å²) in [5, 5.41) is 5.94. The average molecular weight is 261 g/mol. The molecular formula is C15H23N3O. The summed E-state index contributed by atoms with van der Waals surface area (Å²) in [7, 11) is 0. The Kier molecular flexibility index (Phi) is 4.80. The largest absolute Gasteiger partial charge is 0.335 e. The zero-order chi connectivity index (χ0) is 13.7. The summed E-state index contributed by atoms with van der Waals surface area (Å²) in [6.45, 7) is 2.66. The summed E-state index contributed by atoms with van der Waals surface area (Å²) < 4.78 is 0. The Morgan fingerprint density at radius 3 is 2.89 bits per heavy atom. The SMILES string of the molecule is Cc1cccc(NC(=O)NC2CCCCC2CN)c1. The number of aryl methyl sites for hydroxylation is 1. The molecule has 0 aromatic heterocycles. The van der Waals surface area contributed by atoms with E-state index in [4.69, 9.17) is 5.73 Å². The van der Waals surface area contributed by atoms with Crippen LogP contribution in [-0.2, 0) is 0 Å². The molecule has 4 heteroatoms. The minimum atomic E-state index is -0.129. The molecule has 1 fully saturated rings.